The molecule has 142 valence electrons. The van der Waals surface area contributed by atoms with Gasteiger partial charge in [0, 0.05) is 12.6 Å². The fraction of sp³-hybridized carbons (Fsp3) is 1.00. The molecule has 0 amide bonds. The van der Waals surface area contributed by atoms with E-state index in [-0.39, 0.29) is 12.4 Å². The molecule has 0 radical (unpaired) electrons. The molecule has 1 N–H and O–H groups in total. The van der Waals surface area contributed by atoms with Gasteiger partial charge in [-0.1, -0.05) is 78.6 Å². The van der Waals surface area contributed by atoms with Crippen molar-refractivity contribution < 1.29 is 5.11 Å². The summed E-state index contributed by atoms with van der Waals surface area (Å²) in [6.45, 7) is 9.65. The molecule has 1 unspecified atom stereocenters. The Morgan fingerprint density at radius 3 is 1.57 bits per heavy atom. The second kappa shape index (κ2) is 20.3. The summed E-state index contributed by atoms with van der Waals surface area (Å²) in [6, 6.07) is 0.611. The van der Waals surface area contributed by atoms with Crippen LogP contribution < -0.4 is 0 Å². The van der Waals surface area contributed by atoms with E-state index in [0.29, 0.717) is 12.6 Å². The van der Waals surface area contributed by atoms with Crippen molar-refractivity contribution in [1.82, 2.24) is 4.90 Å². The first kappa shape index (κ1) is 25.5. The Kier molecular flexibility index (Phi) is 22.4. The van der Waals surface area contributed by atoms with E-state index in [4.69, 9.17) is 0 Å². The molecule has 2 nitrogen and oxygen atoms in total. The Labute approximate surface area is 152 Å². The molecule has 0 rings (SSSR count). The van der Waals surface area contributed by atoms with Crippen molar-refractivity contribution >= 4 is 12.4 Å². The van der Waals surface area contributed by atoms with Crippen molar-refractivity contribution in [2.75, 3.05) is 19.7 Å². The number of halogens is 1. The molecule has 0 aliphatic carbocycles. The fourth-order valence-corrected chi connectivity index (χ4v) is 3.25. The van der Waals surface area contributed by atoms with Crippen LogP contribution in [0.15, 0.2) is 0 Å². The van der Waals surface area contributed by atoms with E-state index in [0.717, 1.165) is 6.42 Å². The number of rotatable bonds is 17. The van der Waals surface area contributed by atoms with Crippen LogP contribution in [0.3, 0.4) is 0 Å². The lowest BCUT2D eigenvalue weighted by atomic mass is 10.0. The van der Waals surface area contributed by atoms with E-state index in [1.807, 2.05) is 0 Å². The molecule has 0 aliphatic rings. The highest BCUT2D eigenvalue weighted by Gasteiger charge is 2.17. The van der Waals surface area contributed by atoms with Crippen molar-refractivity contribution in [1.29, 1.82) is 0 Å². The largest absolute Gasteiger partial charge is 0.396 e. The van der Waals surface area contributed by atoms with Gasteiger partial charge in [0.05, 0.1) is 0 Å². The molecular weight excluding hydrogens is 306 g/mol. The van der Waals surface area contributed by atoms with Gasteiger partial charge in [-0.05, 0) is 38.8 Å². The topological polar surface area (TPSA) is 23.5 Å². The van der Waals surface area contributed by atoms with Crippen molar-refractivity contribution in [2.45, 2.75) is 110 Å². The minimum Gasteiger partial charge on any atom is -0.396 e. The Hall–Kier alpha value is 0.210. The zero-order chi connectivity index (χ0) is 16.5. The maximum absolute atomic E-state index is 9.43. The molecular formula is C20H44ClNO. The van der Waals surface area contributed by atoms with Crippen LogP contribution in [0.2, 0.25) is 0 Å². The Bertz CT molecular complexity index is 202. The van der Waals surface area contributed by atoms with Crippen LogP contribution in [0.5, 0.6) is 0 Å². The summed E-state index contributed by atoms with van der Waals surface area (Å²) >= 11 is 0. The summed E-state index contributed by atoms with van der Waals surface area (Å²) in [4.78, 5) is 2.71. The van der Waals surface area contributed by atoms with Gasteiger partial charge in [0.1, 0.15) is 0 Å². The molecule has 0 saturated heterocycles. The smallest absolute Gasteiger partial charge is 0.0445 e. The molecule has 0 heterocycles. The maximum atomic E-state index is 9.43. The lowest BCUT2D eigenvalue weighted by Gasteiger charge is -2.32. The second-order valence-corrected chi connectivity index (χ2v) is 6.82. The summed E-state index contributed by atoms with van der Waals surface area (Å²) in [5, 5.41) is 9.43. The van der Waals surface area contributed by atoms with E-state index in [1.165, 1.54) is 90.1 Å². The first-order valence-corrected chi connectivity index (χ1v) is 10.1. The van der Waals surface area contributed by atoms with Crippen molar-refractivity contribution in [2.24, 2.45) is 0 Å². The van der Waals surface area contributed by atoms with Crippen LogP contribution >= 0.6 is 12.4 Å². The molecule has 0 aromatic carbocycles. The summed E-state index contributed by atoms with van der Waals surface area (Å²) in [6.07, 6.45) is 16.9. The number of unbranched alkanes of at least 4 members (excludes halogenated alkanes) is 8. The first-order valence-electron chi connectivity index (χ1n) is 10.1. The molecule has 0 aromatic rings. The monoisotopic (exact) mass is 349 g/mol. The molecule has 1 atom stereocenters. The number of hydrogen-bond donors (Lipinski definition) is 1. The van der Waals surface area contributed by atoms with E-state index >= 15 is 0 Å². The van der Waals surface area contributed by atoms with Gasteiger partial charge in [0.2, 0.25) is 0 Å². The van der Waals surface area contributed by atoms with Crippen LogP contribution in [0.25, 0.3) is 0 Å². The van der Waals surface area contributed by atoms with Crippen LogP contribution in [0.4, 0.5) is 0 Å². The first-order chi connectivity index (χ1) is 10.8. The molecule has 0 bridgehead atoms. The highest BCUT2D eigenvalue weighted by molar-refractivity contribution is 5.85. The number of aliphatic hydroxyl groups excluding tert-OH is 1. The van der Waals surface area contributed by atoms with Gasteiger partial charge >= 0.3 is 0 Å². The van der Waals surface area contributed by atoms with Crippen LogP contribution in [0.1, 0.15) is 104 Å². The Balaban J connectivity index is 0. The summed E-state index contributed by atoms with van der Waals surface area (Å²) in [5.74, 6) is 0. The minimum atomic E-state index is 0. The number of aliphatic hydroxyl groups is 1. The number of hydrogen-bond acceptors (Lipinski definition) is 2. The highest BCUT2D eigenvalue weighted by Crippen LogP contribution is 2.16. The third kappa shape index (κ3) is 15.5. The minimum absolute atomic E-state index is 0. The van der Waals surface area contributed by atoms with Gasteiger partial charge in [0.15, 0.2) is 0 Å². The van der Waals surface area contributed by atoms with Gasteiger partial charge in [-0.15, -0.1) is 12.4 Å². The zero-order valence-corrected chi connectivity index (χ0v) is 17.0. The standard InChI is InChI=1S/C20H43NO.ClH/c1-4-7-10-13-17-21(18-14-11-8-5-2)20(16-19-22)15-12-9-6-3;/h20,22H,4-19H2,1-3H3;1H. The molecule has 23 heavy (non-hydrogen) atoms. The highest BCUT2D eigenvalue weighted by atomic mass is 35.5. The molecule has 3 heteroatoms. The van der Waals surface area contributed by atoms with Crippen LogP contribution in [-0.2, 0) is 0 Å². The summed E-state index contributed by atoms with van der Waals surface area (Å²) in [7, 11) is 0. The van der Waals surface area contributed by atoms with E-state index in [2.05, 4.69) is 25.7 Å². The Morgan fingerprint density at radius 2 is 1.13 bits per heavy atom. The quantitative estimate of drug-likeness (QED) is 0.316. The summed E-state index contributed by atoms with van der Waals surface area (Å²) in [5.41, 5.74) is 0. The lowest BCUT2D eigenvalue weighted by Crippen LogP contribution is -2.37. The molecule has 0 aromatic heterocycles. The van der Waals surface area contributed by atoms with Crippen LogP contribution in [-0.4, -0.2) is 35.7 Å². The Morgan fingerprint density at radius 1 is 0.652 bits per heavy atom. The van der Waals surface area contributed by atoms with E-state index in [1.54, 1.807) is 0 Å². The molecule has 0 spiro atoms. The van der Waals surface area contributed by atoms with E-state index in [9.17, 15) is 5.11 Å². The normalized spacial score (nSPS) is 12.4. The third-order valence-electron chi connectivity index (χ3n) is 4.72. The average Bonchev–Trinajstić information content (AvgIpc) is 2.53. The van der Waals surface area contributed by atoms with Crippen molar-refractivity contribution in [3.05, 3.63) is 0 Å². The maximum Gasteiger partial charge on any atom is 0.0445 e. The van der Waals surface area contributed by atoms with Gasteiger partial charge in [0.25, 0.3) is 0 Å². The zero-order valence-electron chi connectivity index (χ0n) is 16.2. The van der Waals surface area contributed by atoms with Crippen LogP contribution in [0, 0.1) is 0 Å². The second-order valence-electron chi connectivity index (χ2n) is 6.82. The summed E-state index contributed by atoms with van der Waals surface area (Å²) < 4.78 is 0. The predicted molar refractivity (Wildman–Crippen MR) is 107 cm³/mol. The van der Waals surface area contributed by atoms with Crippen molar-refractivity contribution in [3.63, 3.8) is 0 Å². The molecule has 0 aliphatic heterocycles. The lowest BCUT2D eigenvalue weighted by molar-refractivity contribution is 0.141. The van der Waals surface area contributed by atoms with Gasteiger partial charge in [-0.25, -0.2) is 0 Å². The van der Waals surface area contributed by atoms with Gasteiger partial charge < -0.3 is 10.0 Å². The van der Waals surface area contributed by atoms with Gasteiger partial charge in [-0.3, -0.25) is 0 Å². The third-order valence-corrected chi connectivity index (χ3v) is 4.72. The number of nitrogens with zero attached hydrogens (tertiary/aromatic N) is 1. The molecule has 0 saturated carbocycles. The van der Waals surface area contributed by atoms with Crippen molar-refractivity contribution in [3.8, 4) is 0 Å². The van der Waals surface area contributed by atoms with Gasteiger partial charge in [-0.2, -0.15) is 0 Å². The predicted octanol–water partition coefficient (Wildman–Crippen LogP) is 6.20. The molecule has 0 fully saturated rings. The van der Waals surface area contributed by atoms with E-state index < -0.39 is 0 Å². The average molecular weight is 350 g/mol. The fourth-order valence-electron chi connectivity index (χ4n) is 3.25. The SMILES string of the molecule is CCCCCCN(CCCCCC)C(CCO)CCCCC.Cl.